The number of nitrogens with zero attached hydrogens (tertiary/aromatic N) is 2. The van der Waals surface area contributed by atoms with Crippen LogP contribution in [-0.2, 0) is 11.8 Å². The van der Waals surface area contributed by atoms with Gasteiger partial charge >= 0.3 is 0 Å². The molecule has 2 unspecified atom stereocenters. The molecule has 0 aliphatic rings. The van der Waals surface area contributed by atoms with Crippen molar-refractivity contribution in [3.8, 4) is 5.75 Å². The predicted octanol–water partition coefficient (Wildman–Crippen LogP) is 3.54. The number of ether oxygens (including phenoxy) is 1. The van der Waals surface area contributed by atoms with Gasteiger partial charge in [-0.25, -0.2) is 9.37 Å². The molecule has 3 rings (SSSR count). The summed E-state index contributed by atoms with van der Waals surface area (Å²) >= 11 is 0. The third-order valence-corrected chi connectivity index (χ3v) is 4.32. The van der Waals surface area contributed by atoms with Gasteiger partial charge in [-0.1, -0.05) is 35.9 Å². The van der Waals surface area contributed by atoms with E-state index in [0.717, 1.165) is 5.56 Å². The van der Waals surface area contributed by atoms with Crippen molar-refractivity contribution in [1.29, 1.82) is 0 Å². The van der Waals surface area contributed by atoms with E-state index >= 15 is 0 Å². The van der Waals surface area contributed by atoms with Crippen LogP contribution in [0.4, 0.5) is 4.39 Å². The van der Waals surface area contributed by atoms with Crippen LogP contribution in [-0.4, -0.2) is 21.6 Å². The number of imidazole rings is 1. The summed E-state index contributed by atoms with van der Waals surface area (Å²) in [6, 6.07) is 13.1. The Bertz CT molecular complexity index is 921. The van der Waals surface area contributed by atoms with Crippen molar-refractivity contribution < 1.29 is 13.9 Å². The van der Waals surface area contributed by atoms with Gasteiger partial charge in [-0.2, -0.15) is 0 Å². The minimum atomic E-state index is -0.748. The van der Waals surface area contributed by atoms with E-state index in [1.807, 2.05) is 31.2 Å². The Balaban J connectivity index is 1.81. The molecule has 2 atom stereocenters. The van der Waals surface area contributed by atoms with E-state index in [1.165, 1.54) is 6.07 Å². The zero-order valence-electron chi connectivity index (χ0n) is 15.5. The van der Waals surface area contributed by atoms with E-state index in [4.69, 9.17) is 4.74 Å². The number of hydrogen-bond donors (Lipinski definition) is 1. The number of aryl methyl sites for hydroxylation is 2. The molecule has 27 heavy (non-hydrogen) atoms. The fourth-order valence-corrected chi connectivity index (χ4v) is 2.78. The number of aromatic nitrogens is 2. The van der Waals surface area contributed by atoms with E-state index in [0.29, 0.717) is 17.1 Å². The SMILES string of the molecule is Cc1ccc(OC(C)C(=O)NC(c2ccccc2F)c2nccn2C)cc1. The molecular weight excluding hydrogens is 345 g/mol. The normalized spacial score (nSPS) is 13.0. The lowest BCUT2D eigenvalue weighted by Crippen LogP contribution is -2.40. The molecule has 0 spiro atoms. The fraction of sp³-hybridized carbons (Fsp3) is 0.238. The molecule has 0 aliphatic heterocycles. The predicted molar refractivity (Wildman–Crippen MR) is 101 cm³/mol. The van der Waals surface area contributed by atoms with Crippen molar-refractivity contribution in [1.82, 2.24) is 14.9 Å². The quantitative estimate of drug-likeness (QED) is 0.725. The summed E-state index contributed by atoms with van der Waals surface area (Å²) in [6.07, 6.45) is 2.62. The van der Waals surface area contributed by atoms with Gasteiger partial charge in [0.05, 0.1) is 0 Å². The molecule has 1 N–H and O–H groups in total. The van der Waals surface area contributed by atoms with Crippen LogP contribution in [0.3, 0.4) is 0 Å². The molecule has 2 aromatic carbocycles. The summed E-state index contributed by atoms with van der Waals surface area (Å²) in [6.45, 7) is 3.64. The Kier molecular flexibility index (Phi) is 5.54. The number of carbonyl (C=O) groups is 1. The number of carbonyl (C=O) groups excluding carboxylic acids is 1. The molecule has 0 saturated carbocycles. The average Bonchev–Trinajstić information content (AvgIpc) is 3.08. The molecule has 3 aromatic rings. The van der Waals surface area contributed by atoms with Crippen LogP contribution in [0.5, 0.6) is 5.75 Å². The van der Waals surface area contributed by atoms with Crippen molar-refractivity contribution in [3.63, 3.8) is 0 Å². The zero-order chi connectivity index (χ0) is 19.4. The highest BCUT2D eigenvalue weighted by Gasteiger charge is 2.26. The number of halogens is 1. The molecule has 0 saturated heterocycles. The second-order valence-electron chi connectivity index (χ2n) is 6.43. The van der Waals surface area contributed by atoms with Crippen LogP contribution in [0.2, 0.25) is 0 Å². The first-order valence-electron chi connectivity index (χ1n) is 8.71. The molecule has 1 amide bonds. The Labute approximate surface area is 157 Å². The summed E-state index contributed by atoms with van der Waals surface area (Å²) in [5.41, 5.74) is 1.46. The molecular formula is C21H22FN3O2. The summed E-state index contributed by atoms with van der Waals surface area (Å²) in [7, 11) is 1.80. The minimum Gasteiger partial charge on any atom is -0.481 e. The molecule has 0 radical (unpaired) electrons. The van der Waals surface area contributed by atoms with Crippen molar-refractivity contribution in [3.05, 3.63) is 83.7 Å². The highest BCUT2D eigenvalue weighted by molar-refractivity contribution is 5.81. The second kappa shape index (κ2) is 8.03. The highest BCUT2D eigenvalue weighted by Crippen LogP contribution is 2.23. The van der Waals surface area contributed by atoms with Crippen LogP contribution in [0, 0.1) is 12.7 Å². The maximum Gasteiger partial charge on any atom is 0.261 e. The van der Waals surface area contributed by atoms with Crippen LogP contribution in [0.1, 0.15) is 29.9 Å². The van der Waals surface area contributed by atoms with Gasteiger partial charge in [-0.15, -0.1) is 0 Å². The fourth-order valence-electron chi connectivity index (χ4n) is 2.78. The lowest BCUT2D eigenvalue weighted by molar-refractivity contribution is -0.127. The molecule has 0 aliphatic carbocycles. The Morgan fingerprint density at radius 3 is 2.52 bits per heavy atom. The Hall–Kier alpha value is -3.15. The molecule has 1 aromatic heterocycles. The van der Waals surface area contributed by atoms with Crippen molar-refractivity contribution in [2.24, 2.45) is 7.05 Å². The monoisotopic (exact) mass is 367 g/mol. The lowest BCUT2D eigenvalue weighted by atomic mass is 10.0. The van der Waals surface area contributed by atoms with Crippen molar-refractivity contribution in [2.45, 2.75) is 26.0 Å². The third kappa shape index (κ3) is 4.34. The van der Waals surface area contributed by atoms with E-state index in [-0.39, 0.29) is 5.91 Å². The number of nitrogens with one attached hydrogen (secondary N) is 1. The van der Waals surface area contributed by atoms with Crippen LogP contribution >= 0.6 is 0 Å². The summed E-state index contributed by atoms with van der Waals surface area (Å²) < 4.78 is 21.8. The summed E-state index contributed by atoms with van der Waals surface area (Å²) in [5, 5.41) is 2.86. The van der Waals surface area contributed by atoms with Crippen molar-refractivity contribution >= 4 is 5.91 Å². The second-order valence-corrected chi connectivity index (χ2v) is 6.43. The van der Waals surface area contributed by atoms with Gasteiger partial charge in [-0.05, 0) is 32.0 Å². The molecule has 0 fully saturated rings. The number of benzene rings is 2. The topological polar surface area (TPSA) is 56.1 Å². The van der Waals surface area contributed by atoms with Crippen LogP contribution < -0.4 is 10.1 Å². The van der Waals surface area contributed by atoms with Gasteiger partial charge < -0.3 is 14.6 Å². The number of rotatable bonds is 6. The highest BCUT2D eigenvalue weighted by atomic mass is 19.1. The zero-order valence-corrected chi connectivity index (χ0v) is 15.5. The average molecular weight is 367 g/mol. The van der Waals surface area contributed by atoms with Gasteiger partial charge in [0.1, 0.15) is 23.4 Å². The van der Waals surface area contributed by atoms with Gasteiger partial charge in [0.25, 0.3) is 5.91 Å². The standard InChI is InChI=1S/C21H22FN3O2/c1-14-8-10-16(11-9-14)27-15(2)21(26)24-19(20-23-12-13-25(20)3)17-6-4-5-7-18(17)22/h4-13,15,19H,1-3H3,(H,24,26). The van der Waals surface area contributed by atoms with Gasteiger partial charge in [-0.3, -0.25) is 4.79 Å². The van der Waals surface area contributed by atoms with Crippen LogP contribution in [0.15, 0.2) is 60.9 Å². The van der Waals surface area contributed by atoms with Crippen LogP contribution in [0.25, 0.3) is 0 Å². The third-order valence-electron chi connectivity index (χ3n) is 4.32. The molecule has 5 nitrogen and oxygen atoms in total. The lowest BCUT2D eigenvalue weighted by Gasteiger charge is -2.22. The summed E-state index contributed by atoms with van der Waals surface area (Å²) in [4.78, 5) is 17.0. The largest absolute Gasteiger partial charge is 0.481 e. The Morgan fingerprint density at radius 2 is 1.89 bits per heavy atom. The van der Waals surface area contributed by atoms with Gasteiger partial charge in [0, 0.05) is 25.0 Å². The van der Waals surface area contributed by atoms with E-state index in [9.17, 15) is 9.18 Å². The first-order chi connectivity index (χ1) is 13.0. The first kappa shape index (κ1) is 18.6. The summed E-state index contributed by atoms with van der Waals surface area (Å²) in [5.74, 6) is 0.378. The maximum atomic E-state index is 14.4. The number of amides is 1. The molecule has 1 heterocycles. The first-order valence-corrected chi connectivity index (χ1v) is 8.71. The smallest absolute Gasteiger partial charge is 0.261 e. The van der Waals surface area contributed by atoms with Crippen molar-refractivity contribution in [2.75, 3.05) is 0 Å². The minimum absolute atomic E-state index is 0.350. The maximum absolute atomic E-state index is 14.4. The van der Waals surface area contributed by atoms with E-state index in [1.54, 1.807) is 49.1 Å². The van der Waals surface area contributed by atoms with E-state index in [2.05, 4.69) is 10.3 Å². The molecule has 6 heteroatoms. The van der Waals surface area contributed by atoms with Gasteiger partial charge in [0.2, 0.25) is 0 Å². The van der Waals surface area contributed by atoms with Gasteiger partial charge in [0.15, 0.2) is 6.10 Å². The molecule has 140 valence electrons. The molecule has 0 bridgehead atoms. The van der Waals surface area contributed by atoms with E-state index < -0.39 is 18.0 Å². The Morgan fingerprint density at radius 1 is 1.19 bits per heavy atom. The number of hydrogen-bond acceptors (Lipinski definition) is 3.